The number of hydrogen-bond acceptors (Lipinski definition) is 0. The summed E-state index contributed by atoms with van der Waals surface area (Å²) in [5.74, 6) is 5.33. The summed E-state index contributed by atoms with van der Waals surface area (Å²) in [6.45, 7) is 2.14. The lowest BCUT2D eigenvalue weighted by atomic mass is 9.72. The summed E-state index contributed by atoms with van der Waals surface area (Å²) >= 11 is 0. The zero-order valence-corrected chi connectivity index (χ0v) is 16.7. The quantitative estimate of drug-likeness (QED) is 0.303. The van der Waals surface area contributed by atoms with Gasteiger partial charge in [-0.25, -0.2) is 4.39 Å². The number of fused-ring (bicyclic) bond motifs is 3. The zero-order chi connectivity index (χ0) is 21.3. The summed E-state index contributed by atoms with van der Waals surface area (Å²) in [6.07, 6.45) is -0.608. The van der Waals surface area contributed by atoms with Crippen LogP contribution < -0.4 is 0 Å². The van der Waals surface area contributed by atoms with Gasteiger partial charge in [0, 0.05) is 11.5 Å². The lowest BCUT2D eigenvalue weighted by Crippen LogP contribution is -2.20. The number of halogens is 4. The van der Waals surface area contributed by atoms with Gasteiger partial charge in [-0.1, -0.05) is 61.6 Å². The summed E-state index contributed by atoms with van der Waals surface area (Å²) in [5.41, 5.74) is 1.51. The molecule has 4 rings (SSSR count). The van der Waals surface area contributed by atoms with Crippen LogP contribution in [-0.2, 0) is 12.6 Å². The van der Waals surface area contributed by atoms with E-state index in [9.17, 15) is 17.6 Å². The van der Waals surface area contributed by atoms with Crippen molar-refractivity contribution >= 4 is 10.8 Å². The van der Waals surface area contributed by atoms with Gasteiger partial charge in [-0.15, -0.1) is 0 Å². The van der Waals surface area contributed by atoms with E-state index in [0.29, 0.717) is 5.92 Å². The van der Waals surface area contributed by atoms with Crippen molar-refractivity contribution in [3.05, 3.63) is 82.7 Å². The molecule has 2 atom stereocenters. The Kier molecular flexibility index (Phi) is 5.56. The fourth-order valence-corrected chi connectivity index (χ4v) is 4.53. The van der Waals surface area contributed by atoms with Crippen LogP contribution in [0.5, 0.6) is 0 Å². The Morgan fingerprint density at radius 3 is 2.57 bits per heavy atom. The number of alkyl halides is 3. The third-order valence-corrected chi connectivity index (χ3v) is 5.95. The molecule has 0 aliphatic heterocycles. The van der Waals surface area contributed by atoms with Gasteiger partial charge in [-0.3, -0.25) is 0 Å². The first kappa shape index (κ1) is 20.5. The highest BCUT2D eigenvalue weighted by molar-refractivity contribution is 5.87. The van der Waals surface area contributed by atoms with Crippen LogP contribution >= 0.6 is 0 Å². The Morgan fingerprint density at radius 2 is 1.83 bits per heavy atom. The average Bonchev–Trinajstić information content (AvgIpc) is 2.71. The Labute approximate surface area is 173 Å². The Morgan fingerprint density at radius 1 is 1.03 bits per heavy atom. The maximum atomic E-state index is 13.9. The van der Waals surface area contributed by atoms with E-state index in [4.69, 9.17) is 0 Å². The molecule has 0 fully saturated rings. The molecular formula is C26H22F4. The largest absolute Gasteiger partial charge is 0.419 e. The predicted molar refractivity (Wildman–Crippen MR) is 112 cm³/mol. The molecule has 3 aromatic carbocycles. The van der Waals surface area contributed by atoms with E-state index in [-0.39, 0.29) is 11.5 Å². The standard InChI is InChI=1S/C26H22F4/c1-2-5-18-10-13-22-20-7-4-3-6-19(20)11-14-23(22)21(18)12-8-17-9-15-24(25(27)16-17)26(28,29)30/h3-4,6-7,9,11,14-16,18,21H,2,5,10,13H2,1H3. The summed E-state index contributed by atoms with van der Waals surface area (Å²) in [7, 11) is 0. The van der Waals surface area contributed by atoms with E-state index >= 15 is 0 Å². The highest BCUT2D eigenvalue weighted by Gasteiger charge is 2.34. The third kappa shape index (κ3) is 3.94. The molecule has 0 bridgehead atoms. The summed E-state index contributed by atoms with van der Waals surface area (Å²) in [6, 6.07) is 15.4. The lowest BCUT2D eigenvalue weighted by molar-refractivity contribution is -0.140. The van der Waals surface area contributed by atoms with E-state index in [1.165, 1.54) is 28.0 Å². The summed E-state index contributed by atoms with van der Waals surface area (Å²) in [5, 5.41) is 2.43. The minimum Gasteiger partial charge on any atom is -0.206 e. The van der Waals surface area contributed by atoms with Crippen molar-refractivity contribution in [2.45, 2.75) is 44.7 Å². The second kappa shape index (κ2) is 8.14. The van der Waals surface area contributed by atoms with Crippen molar-refractivity contribution in [2.75, 3.05) is 0 Å². The van der Waals surface area contributed by atoms with Crippen LogP contribution in [0.15, 0.2) is 54.6 Å². The molecule has 0 amide bonds. The Balaban J connectivity index is 1.74. The van der Waals surface area contributed by atoms with E-state index in [1.54, 1.807) is 0 Å². The molecule has 4 heteroatoms. The predicted octanol–water partition coefficient (Wildman–Crippen LogP) is 7.50. The van der Waals surface area contributed by atoms with E-state index in [1.807, 2.05) is 12.1 Å². The molecule has 1 aliphatic carbocycles. The van der Waals surface area contributed by atoms with Gasteiger partial charge in [0.05, 0.1) is 5.56 Å². The van der Waals surface area contributed by atoms with Gasteiger partial charge in [0.2, 0.25) is 0 Å². The van der Waals surface area contributed by atoms with Crippen LogP contribution in [0.3, 0.4) is 0 Å². The first-order valence-electron chi connectivity index (χ1n) is 10.3. The summed E-state index contributed by atoms with van der Waals surface area (Å²) in [4.78, 5) is 0. The molecule has 0 spiro atoms. The SMILES string of the molecule is CCCC1CCc2c(ccc3ccccc23)C1C#Cc1ccc(C(F)(F)F)c(F)c1. The van der Waals surface area contributed by atoms with Crippen molar-refractivity contribution in [2.24, 2.45) is 5.92 Å². The van der Waals surface area contributed by atoms with E-state index < -0.39 is 17.6 Å². The van der Waals surface area contributed by atoms with Gasteiger partial charge in [0.1, 0.15) is 5.82 Å². The van der Waals surface area contributed by atoms with Gasteiger partial charge < -0.3 is 0 Å². The highest BCUT2D eigenvalue weighted by Crippen LogP contribution is 2.41. The lowest BCUT2D eigenvalue weighted by Gasteiger charge is -2.31. The Bertz CT molecular complexity index is 1130. The monoisotopic (exact) mass is 410 g/mol. The number of benzene rings is 3. The molecule has 1 aliphatic rings. The van der Waals surface area contributed by atoms with Crippen molar-refractivity contribution in [3.63, 3.8) is 0 Å². The molecule has 0 saturated carbocycles. The minimum atomic E-state index is -4.70. The maximum absolute atomic E-state index is 13.9. The van der Waals surface area contributed by atoms with E-state index in [2.05, 4.69) is 43.0 Å². The van der Waals surface area contributed by atoms with Crippen molar-refractivity contribution in [1.82, 2.24) is 0 Å². The van der Waals surface area contributed by atoms with Gasteiger partial charge in [-0.2, -0.15) is 13.2 Å². The molecule has 0 saturated heterocycles. The smallest absolute Gasteiger partial charge is 0.206 e. The van der Waals surface area contributed by atoms with Crippen LogP contribution in [0.1, 0.15) is 54.4 Å². The van der Waals surface area contributed by atoms with Gasteiger partial charge in [0.15, 0.2) is 0 Å². The van der Waals surface area contributed by atoms with Crippen molar-refractivity contribution < 1.29 is 17.6 Å². The third-order valence-electron chi connectivity index (χ3n) is 5.95. The molecule has 0 radical (unpaired) electrons. The number of rotatable bonds is 2. The first-order chi connectivity index (χ1) is 14.4. The maximum Gasteiger partial charge on any atom is 0.419 e. The molecule has 0 N–H and O–H groups in total. The Hall–Kier alpha value is -2.80. The number of aryl methyl sites for hydroxylation is 1. The minimum absolute atomic E-state index is 0.0105. The van der Waals surface area contributed by atoms with Crippen LogP contribution in [0, 0.1) is 23.6 Å². The van der Waals surface area contributed by atoms with Crippen LogP contribution in [0.4, 0.5) is 17.6 Å². The van der Waals surface area contributed by atoms with Crippen molar-refractivity contribution in [3.8, 4) is 11.8 Å². The fraction of sp³-hybridized carbons (Fsp3) is 0.308. The zero-order valence-electron chi connectivity index (χ0n) is 16.7. The average molecular weight is 410 g/mol. The fourth-order valence-electron chi connectivity index (χ4n) is 4.53. The van der Waals surface area contributed by atoms with Crippen molar-refractivity contribution in [1.29, 1.82) is 0 Å². The molecule has 30 heavy (non-hydrogen) atoms. The molecule has 0 aromatic heterocycles. The molecule has 2 unspecified atom stereocenters. The van der Waals surface area contributed by atoms with Crippen LogP contribution in [0.25, 0.3) is 10.8 Å². The molecule has 3 aromatic rings. The van der Waals surface area contributed by atoms with Gasteiger partial charge in [-0.05, 0) is 65.3 Å². The molecule has 154 valence electrons. The van der Waals surface area contributed by atoms with Crippen LogP contribution in [-0.4, -0.2) is 0 Å². The highest BCUT2D eigenvalue weighted by atomic mass is 19.4. The number of hydrogen-bond donors (Lipinski definition) is 0. The second-order valence-corrected chi connectivity index (χ2v) is 7.88. The van der Waals surface area contributed by atoms with Crippen LogP contribution in [0.2, 0.25) is 0 Å². The molecule has 0 nitrogen and oxygen atoms in total. The second-order valence-electron chi connectivity index (χ2n) is 7.88. The summed E-state index contributed by atoms with van der Waals surface area (Å²) < 4.78 is 52.4. The first-order valence-corrected chi connectivity index (χ1v) is 10.3. The molecule has 0 heterocycles. The normalized spacial score (nSPS) is 18.6. The van der Waals surface area contributed by atoms with Gasteiger partial charge >= 0.3 is 6.18 Å². The topological polar surface area (TPSA) is 0 Å². The molecular weight excluding hydrogens is 388 g/mol. The van der Waals surface area contributed by atoms with E-state index in [0.717, 1.165) is 37.8 Å². The van der Waals surface area contributed by atoms with Gasteiger partial charge in [0.25, 0.3) is 0 Å².